The van der Waals surface area contributed by atoms with E-state index in [-0.39, 0.29) is 36.4 Å². The maximum Gasteiger partial charge on any atom is 0.573 e. The monoisotopic (exact) mass is 460 g/mol. The fraction of sp³-hybridized carbons (Fsp3) is 0.350. The number of nitrogens with zero attached hydrogens (tertiary/aromatic N) is 2. The Kier molecular flexibility index (Phi) is 6.65. The first kappa shape index (κ1) is 23.1. The Bertz CT molecular complexity index is 955. The van der Waals surface area contributed by atoms with Crippen LogP contribution in [0, 0.1) is 0 Å². The highest BCUT2D eigenvalue weighted by atomic mass is 35.5. The van der Waals surface area contributed by atoms with Crippen LogP contribution in [0.5, 0.6) is 5.75 Å². The first-order valence-corrected chi connectivity index (χ1v) is 9.62. The van der Waals surface area contributed by atoms with Crippen LogP contribution in [-0.4, -0.2) is 59.0 Å². The van der Waals surface area contributed by atoms with Crippen LogP contribution in [0.1, 0.15) is 34.0 Å². The molecule has 2 aromatic rings. The van der Waals surface area contributed by atoms with E-state index in [0.29, 0.717) is 5.02 Å². The quantitative estimate of drug-likeness (QED) is 0.614. The van der Waals surface area contributed by atoms with Gasteiger partial charge in [-0.05, 0) is 36.2 Å². The lowest BCUT2D eigenvalue weighted by Gasteiger charge is -2.41. The van der Waals surface area contributed by atoms with E-state index in [4.69, 9.17) is 16.7 Å². The minimum Gasteiger partial charge on any atom is -0.405 e. The first-order chi connectivity index (χ1) is 14.5. The van der Waals surface area contributed by atoms with Gasteiger partial charge in [0, 0.05) is 30.8 Å². The number of hydrogen-bond acceptors (Lipinski definition) is 6. The summed E-state index contributed by atoms with van der Waals surface area (Å²) in [6, 6.07) is 7.92. The number of ether oxygens (including phenoxy) is 1. The molecule has 2 atom stereocenters. The number of carbonyl (C=O) groups is 1. The van der Waals surface area contributed by atoms with Gasteiger partial charge < -0.3 is 25.0 Å². The SMILES string of the molecule is CN1c2ccc(OC(F)(F)F)c(C(O)c3ccc(Cl)cc3)c2C(=O)N(CCCO)C1O. The van der Waals surface area contributed by atoms with Crippen LogP contribution in [0.4, 0.5) is 18.9 Å². The van der Waals surface area contributed by atoms with E-state index in [1.165, 1.54) is 42.3 Å². The van der Waals surface area contributed by atoms with Crippen molar-refractivity contribution in [2.24, 2.45) is 0 Å². The average molecular weight is 461 g/mol. The molecular weight excluding hydrogens is 441 g/mol. The van der Waals surface area contributed by atoms with E-state index >= 15 is 0 Å². The van der Waals surface area contributed by atoms with E-state index < -0.39 is 36.0 Å². The number of benzene rings is 2. The average Bonchev–Trinajstić information content (AvgIpc) is 2.71. The van der Waals surface area contributed by atoms with Crippen LogP contribution in [0.25, 0.3) is 0 Å². The van der Waals surface area contributed by atoms with Crippen LogP contribution in [-0.2, 0) is 0 Å². The van der Waals surface area contributed by atoms with Crippen molar-refractivity contribution in [3.8, 4) is 5.75 Å². The summed E-state index contributed by atoms with van der Waals surface area (Å²) < 4.78 is 43.3. The van der Waals surface area contributed by atoms with Crippen molar-refractivity contribution < 1.29 is 38.0 Å². The van der Waals surface area contributed by atoms with Gasteiger partial charge in [-0.1, -0.05) is 23.7 Å². The number of aliphatic hydroxyl groups excluding tert-OH is 3. The van der Waals surface area contributed by atoms with E-state index in [2.05, 4.69) is 4.74 Å². The normalized spacial score (nSPS) is 17.5. The van der Waals surface area contributed by atoms with Gasteiger partial charge in [0.15, 0.2) is 0 Å². The topological polar surface area (TPSA) is 93.5 Å². The van der Waals surface area contributed by atoms with Gasteiger partial charge in [-0.2, -0.15) is 0 Å². The summed E-state index contributed by atoms with van der Waals surface area (Å²) in [6.45, 7) is -0.314. The zero-order valence-corrected chi connectivity index (χ0v) is 17.1. The zero-order valence-electron chi connectivity index (χ0n) is 16.3. The number of aliphatic hydroxyl groups is 3. The largest absolute Gasteiger partial charge is 0.573 e. The maximum absolute atomic E-state index is 13.2. The fourth-order valence-corrected chi connectivity index (χ4v) is 3.57. The molecule has 2 unspecified atom stereocenters. The molecule has 1 aliphatic rings. The molecule has 1 aliphatic heterocycles. The van der Waals surface area contributed by atoms with E-state index in [9.17, 15) is 28.2 Å². The van der Waals surface area contributed by atoms with Crippen molar-refractivity contribution in [3.05, 3.63) is 58.1 Å². The Morgan fingerprint density at radius 3 is 2.42 bits per heavy atom. The molecule has 31 heavy (non-hydrogen) atoms. The van der Waals surface area contributed by atoms with Gasteiger partial charge in [0.25, 0.3) is 5.91 Å². The van der Waals surface area contributed by atoms with Crippen LogP contribution in [0.3, 0.4) is 0 Å². The van der Waals surface area contributed by atoms with Gasteiger partial charge >= 0.3 is 6.36 Å². The molecule has 0 radical (unpaired) electrons. The van der Waals surface area contributed by atoms with Crippen molar-refractivity contribution in [1.29, 1.82) is 0 Å². The number of halogens is 4. The highest BCUT2D eigenvalue weighted by Crippen LogP contribution is 2.43. The molecule has 0 aliphatic carbocycles. The van der Waals surface area contributed by atoms with Crippen LogP contribution in [0.2, 0.25) is 5.02 Å². The highest BCUT2D eigenvalue weighted by Gasteiger charge is 2.41. The van der Waals surface area contributed by atoms with Crippen molar-refractivity contribution in [3.63, 3.8) is 0 Å². The molecule has 3 N–H and O–H groups in total. The summed E-state index contributed by atoms with van der Waals surface area (Å²) in [5.41, 5.74) is -0.326. The molecule has 168 valence electrons. The molecule has 0 aromatic heterocycles. The number of hydrogen-bond donors (Lipinski definition) is 3. The van der Waals surface area contributed by atoms with Crippen molar-refractivity contribution in [1.82, 2.24) is 4.90 Å². The number of amides is 1. The Morgan fingerprint density at radius 1 is 1.19 bits per heavy atom. The summed E-state index contributed by atoms with van der Waals surface area (Å²) in [5.74, 6) is -1.54. The number of carbonyl (C=O) groups excluding carboxylic acids is 1. The second-order valence-corrected chi connectivity index (χ2v) is 7.34. The second-order valence-electron chi connectivity index (χ2n) is 6.91. The Labute approximate surface area is 180 Å². The Hall–Kier alpha value is -2.53. The molecule has 0 bridgehead atoms. The molecule has 7 nitrogen and oxygen atoms in total. The van der Waals surface area contributed by atoms with Crippen LogP contribution >= 0.6 is 11.6 Å². The van der Waals surface area contributed by atoms with Gasteiger partial charge in [0.2, 0.25) is 6.35 Å². The number of anilines is 1. The molecule has 1 amide bonds. The lowest BCUT2D eigenvalue weighted by molar-refractivity contribution is -0.275. The lowest BCUT2D eigenvalue weighted by atomic mass is 9.92. The van der Waals surface area contributed by atoms with Crippen LogP contribution < -0.4 is 9.64 Å². The second kappa shape index (κ2) is 8.91. The van der Waals surface area contributed by atoms with Gasteiger partial charge in [-0.25, -0.2) is 0 Å². The summed E-state index contributed by atoms with van der Waals surface area (Å²) in [5, 5.41) is 30.9. The summed E-state index contributed by atoms with van der Waals surface area (Å²) in [7, 11) is 1.45. The smallest absolute Gasteiger partial charge is 0.405 e. The van der Waals surface area contributed by atoms with Gasteiger partial charge in [-0.15, -0.1) is 13.2 Å². The van der Waals surface area contributed by atoms with E-state index in [1.807, 2.05) is 0 Å². The minimum absolute atomic E-state index is 0.0544. The molecule has 0 fully saturated rings. The predicted molar refractivity (Wildman–Crippen MR) is 106 cm³/mol. The number of rotatable bonds is 6. The molecule has 3 rings (SSSR count). The standard InChI is InChI=1S/C20H20ClF3N2O5/c1-25-13-7-8-14(31-20(22,23)24)16(17(28)11-3-5-12(21)6-4-11)15(13)18(29)26(19(25)30)9-2-10-27/h3-8,17,19,27-28,30H,2,9-10H2,1H3. The highest BCUT2D eigenvalue weighted by molar-refractivity contribution is 6.30. The van der Waals surface area contributed by atoms with E-state index in [0.717, 1.165) is 11.0 Å². The summed E-state index contributed by atoms with van der Waals surface area (Å²) in [4.78, 5) is 15.5. The third kappa shape index (κ3) is 4.72. The van der Waals surface area contributed by atoms with Crippen molar-refractivity contribution in [2.45, 2.75) is 25.2 Å². The van der Waals surface area contributed by atoms with E-state index in [1.54, 1.807) is 0 Å². The van der Waals surface area contributed by atoms with Gasteiger partial charge in [0.05, 0.1) is 11.3 Å². The van der Waals surface area contributed by atoms with Crippen molar-refractivity contribution >= 4 is 23.2 Å². The molecular formula is C20H20ClF3N2O5. The molecule has 0 saturated heterocycles. The fourth-order valence-electron chi connectivity index (χ4n) is 3.44. The molecule has 11 heteroatoms. The molecule has 0 spiro atoms. The van der Waals surface area contributed by atoms with Crippen LogP contribution in [0.15, 0.2) is 36.4 Å². The number of fused-ring (bicyclic) bond motifs is 1. The molecule has 0 saturated carbocycles. The first-order valence-electron chi connectivity index (χ1n) is 9.24. The third-order valence-electron chi connectivity index (χ3n) is 4.91. The zero-order chi connectivity index (χ0) is 22.9. The molecule has 2 aromatic carbocycles. The Morgan fingerprint density at radius 2 is 1.84 bits per heavy atom. The minimum atomic E-state index is -5.07. The van der Waals surface area contributed by atoms with Gasteiger partial charge in [0.1, 0.15) is 11.9 Å². The summed E-state index contributed by atoms with van der Waals surface area (Å²) in [6.07, 6.45) is -7.99. The van der Waals surface area contributed by atoms with Gasteiger partial charge in [-0.3, -0.25) is 9.69 Å². The third-order valence-corrected chi connectivity index (χ3v) is 5.16. The number of alkyl halides is 3. The Balaban J connectivity index is 2.21. The maximum atomic E-state index is 13.2. The summed E-state index contributed by atoms with van der Waals surface area (Å²) >= 11 is 5.85. The lowest BCUT2D eigenvalue weighted by Crippen LogP contribution is -2.54. The molecule has 1 heterocycles. The van der Waals surface area contributed by atoms with Crippen molar-refractivity contribution in [2.75, 3.05) is 25.1 Å². The predicted octanol–water partition coefficient (Wildman–Crippen LogP) is 2.87.